The molecule has 3 unspecified atom stereocenters. The van der Waals surface area contributed by atoms with Crippen LogP contribution in [0.3, 0.4) is 0 Å². The van der Waals surface area contributed by atoms with E-state index in [0.29, 0.717) is 18.5 Å². The molecule has 3 rings (SSSR count). The molecular formula is C21H29F4NO4. The first kappa shape index (κ1) is 23.1. The Hall–Kier alpha value is -1.58. The highest BCUT2D eigenvalue weighted by Crippen LogP contribution is 2.44. The van der Waals surface area contributed by atoms with Crippen molar-refractivity contribution < 1.29 is 36.9 Å². The van der Waals surface area contributed by atoms with Crippen molar-refractivity contribution >= 4 is 0 Å². The zero-order chi connectivity index (χ0) is 22.3. The Labute approximate surface area is 173 Å². The van der Waals surface area contributed by atoms with Gasteiger partial charge in [0, 0.05) is 19.1 Å². The predicted molar refractivity (Wildman–Crippen MR) is 102 cm³/mol. The van der Waals surface area contributed by atoms with E-state index in [1.54, 1.807) is 6.07 Å². The van der Waals surface area contributed by atoms with Gasteiger partial charge in [-0.1, -0.05) is 0 Å². The summed E-state index contributed by atoms with van der Waals surface area (Å²) in [7, 11) is 1.31. The van der Waals surface area contributed by atoms with Crippen LogP contribution in [-0.4, -0.2) is 60.8 Å². The van der Waals surface area contributed by atoms with E-state index in [-0.39, 0.29) is 23.5 Å². The van der Waals surface area contributed by atoms with Crippen molar-refractivity contribution in [2.75, 3.05) is 26.8 Å². The maximum absolute atomic E-state index is 15.2. The molecule has 1 aromatic rings. The summed E-state index contributed by atoms with van der Waals surface area (Å²) >= 11 is 0. The molecule has 5 nitrogen and oxygen atoms in total. The predicted octanol–water partition coefficient (Wildman–Crippen LogP) is 4.01. The van der Waals surface area contributed by atoms with Gasteiger partial charge in [0.05, 0.1) is 18.8 Å². The molecule has 30 heavy (non-hydrogen) atoms. The van der Waals surface area contributed by atoms with Crippen LogP contribution in [0, 0.1) is 5.82 Å². The van der Waals surface area contributed by atoms with Crippen LogP contribution in [0.15, 0.2) is 6.07 Å². The average molecular weight is 435 g/mol. The van der Waals surface area contributed by atoms with Crippen molar-refractivity contribution in [3.05, 3.63) is 23.0 Å². The van der Waals surface area contributed by atoms with Gasteiger partial charge in [-0.2, -0.15) is 13.2 Å². The highest BCUT2D eigenvalue weighted by atomic mass is 19.4. The molecule has 0 saturated carbocycles. The molecule has 0 aromatic heterocycles. The Morgan fingerprint density at radius 1 is 1.23 bits per heavy atom. The van der Waals surface area contributed by atoms with Gasteiger partial charge in [-0.05, 0) is 57.2 Å². The molecule has 2 aliphatic rings. The van der Waals surface area contributed by atoms with Crippen LogP contribution in [0.2, 0.25) is 0 Å². The van der Waals surface area contributed by atoms with Crippen LogP contribution < -0.4 is 9.47 Å². The summed E-state index contributed by atoms with van der Waals surface area (Å²) in [5.74, 6) is -1.08. The van der Waals surface area contributed by atoms with Gasteiger partial charge in [-0.25, -0.2) is 4.39 Å². The minimum absolute atomic E-state index is 0.00761. The van der Waals surface area contributed by atoms with Gasteiger partial charge in [0.25, 0.3) is 0 Å². The monoisotopic (exact) mass is 435 g/mol. The number of aliphatic hydroxyl groups excluding tert-OH is 1. The number of rotatable bonds is 5. The highest BCUT2D eigenvalue weighted by molar-refractivity contribution is 5.51. The number of nitrogens with zero attached hydrogens (tertiary/aromatic N) is 1. The number of methoxy groups -OCH3 is 1. The van der Waals surface area contributed by atoms with Crippen molar-refractivity contribution in [3.63, 3.8) is 0 Å². The van der Waals surface area contributed by atoms with Gasteiger partial charge in [0.15, 0.2) is 23.4 Å². The Morgan fingerprint density at radius 3 is 2.53 bits per heavy atom. The second-order valence-corrected chi connectivity index (χ2v) is 8.85. The first-order valence-corrected chi connectivity index (χ1v) is 10.1. The third-order valence-corrected chi connectivity index (χ3v) is 5.48. The topological polar surface area (TPSA) is 51.2 Å². The molecule has 1 N–H and O–H groups in total. The standard InChI is InChI=1S/C21H29F4NO4/c1-20(2,3)30-12-5-6-15-14-9-16(28-4)19(29-11-17(27)21(23,24)25)18(22)13(14)7-8-26(15)10-12/h9,12,15,17,27H,5-8,10-11H2,1-4H3. The van der Waals surface area contributed by atoms with Crippen LogP contribution in [0.25, 0.3) is 0 Å². The fraction of sp³-hybridized carbons (Fsp3) is 0.714. The average Bonchev–Trinajstić information content (AvgIpc) is 2.64. The minimum Gasteiger partial charge on any atom is -0.493 e. The lowest BCUT2D eigenvalue weighted by molar-refractivity contribution is -0.210. The van der Waals surface area contributed by atoms with Crippen molar-refractivity contribution in [2.45, 2.75) is 70.1 Å². The maximum atomic E-state index is 15.2. The number of alkyl halides is 3. The third-order valence-electron chi connectivity index (χ3n) is 5.48. The second kappa shape index (κ2) is 8.51. The second-order valence-electron chi connectivity index (χ2n) is 8.85. The van der Waals surface area contributed by atoms with Crippen LogP contribution in [0.1, 0.15) is 50.8 Å². The third kappa shape index (κ3) is 5.00. The Bertz CT molecular complexity index is 763. The summed E-state index contributed by atoms with van der Waals surface area (Å²) < 4.78 is 69.2. The maximum Gasteiger partial charge on any atom is 0.417 e. The molecule has 2 aliphatic heterocycles. The molecule has 1 fully saturated rings. The molecule has 3 atom stereocenters. The van der Waals surface area contributed by atoms with Crippen molar-refractivity contribution in [3.8, 4) is 11.5 Å². The molecule has 0 aliphatic carbocycles. The van der Waals surface area contributed by atoms with Gasteiger partial charge >= 0.3 is 6.18 Å². The molecule has 170 valence electrons. The fourth-order valence-electron chi connectivity index (χ4n) is 4.22. The lowest BCUT2D eigenvalue weighted by atomic mass is 9.85. The molecule has 1 saturated heterocycles. The van der Waals surface area contributed by atoms with E-state index in [1.807, 2.05) is 20.8 Å². The van der Waals surface area contributed by atoms with Gasteiger partial charge < -0.3 is 19.3 Å². The lowest BCUT2D eigenvalue weighted by Gasteiger charge is -2.45. The largest absolute Gasteiger partial charge is 0.493 e. The van der Waals surface area contributed by atoms with Crippen molar-refractivity contribution in [1.29, 1.82) is 0 Å². The lowest BCUT2D eigenvalue weighted by Crippen LogP contribution is -2.47. The number of aliphatic hydroxyl groups is 1. The summed E-state index contributed by atoms with van der Waals surface area (Å²) in [4.78, 5) is 2.26. The molecule has 9 heteroatoms. The number of hydrogen-bond donors (Lipinski definition) is 1. The quantitative estimate of drug-likeness (QED) is 0.709. The Kier molecular flexibility index (Phi) is 6.55. The van der Waals surface area contributed by atoms with Crippen molar-refractivity contribution in [2.24, 2.45) is 0 Å². The summed E-state index contributed by atoms with van der Waals surface area (Å²) in [5, 5.41) is 9.17. The van der Waals surface area contributed by atoms with E-state index in [2.05, 4.69) is 4.90 Å². The fourth-order valence-corrected chi connectivity index (χ4v) is 4.22. The molecule has 0 amide bonds. The van der Waals surface area contributed by atoms with Crippen LogP contribution in [-0.2, 0) is 11.2 Å². The Balaban J connectivity index is 1.81. The molecule has 2 heterocycles. The number of ether oxygens (including phenoxy) is 3. The van der Waals surface area contributed by atoms with Gasteiger partial charge in [0.2, 0.25) is 0 Å². The van der Waals surface area contributed by atoms with E-state index in [0.717, 1.165) is 24.9 Å². The summed E-state index contributed by atoms with van der Waals surface area (Å²) in [6.07, 6.45) is -5.43. The van der Waals surface area contributed by atoms with Crippen LogP contribution in [0.5, 0.6) is 11.5 Å². The van der Waals surface area contributed by atoms with Crippen LogP contribution >= 0.6 is 0 Å². The molecular weight excluding hydrogens is 406 g/mol. The molecule has 0 radical (unpaired) electrons. The number of piperidine rings is 1. The molecule has 0 spiro atoms. The first-order valence-electron chi connectivity index (χ1n) is 10.1. The number of benzene rings is 1. The van der Waals surface area contributed by atoms with E-state index >= 15 is 4.39 Å². The van der Waals surface area contributed by atoms with E-state index in [9.17, 15) is 13.2 Å². The van der Waals surface area contributed by atoms with Gasteiger partial charge in [-0.3, -0.25) is 4.90 Å². The zero-order valence-electron chi connectivity index (χ0n) is 17.7. The molecule has 0 bridgehead atoms. The number of halogens is 4. The SMILES string of the molecule is COc1cc2c(c(F)c1OCC(O)C(F)(F)F)CCN1CC(OC(C)(C)C)CCC21. The summed E-state index contributed by atoms with van der Waals surface area (Å²) in [6.45, 7) is 6.31. The van der Waals surface area contributed by atoms with Crippen LogP contribution in [0.4, 0.5) is 17.6 Å². The molecule has 1 aromatic carbocycles. The first-order chi connectivity index (χ1) is 13.9. The summed E-state index contributed by atoms with van der Waals surface area (Å²) in [5.41, 5.74) is 0.963. The normalized spacial score (nSPS) is 23.5. The van der Waals surface area contributed by atoms with Gasteiger partial charge in [0.1, 0.15) is 6.61 Å². The van der Waals surface area contributed by atoms with Gasteiger partial charge in [-0.15, -0.1) is 0 Å². The number of fused-ring (bicyclic) bond motifs is 3. The van der Waals surface area contributed by atoms with E-state index < -0.39 is 30.5 Å². The highest BCUT2D eigenvalue weighted by Gasteiger charge is 2.40. The zero-order valence-corrected chi connectivity index (χ0v) is 17.7. The number of hydrogen-bond acceptors (Lipinski definition) is 5. The Morgan fingerprint density at radius 2 is 1.93 bits per heavy atom. The van der Waals surface area contributed by atoms with E-state index in [1.165, 1.54) is 7.11 Å². The smallest absolute Gasteiger partial charge is 0.417 e. The van der Waals surface area contributed by atoms with E-state index in [4.69, 9.17) is 19.3 Å². The minimum atomic E-state index is -4.84. The van der Waals surface area contributed by atoms with Crippen molar-refractivity contribution in [1.82, 2.24) is 4.90 Å². The summed E-state index contributed by atoms with van der Waals surface area (Å²) in [6, 6.07) is 1.64.